The highest BCUT2D eigenvalue weighted by Crippen LogP contribution is 2.29. The number of ether oxygens (including phenoxy) is 2. The van der Waals surface area contributed by atoms with Gasteiger partial charge in [-0.1, -0.05) is 0 Å². The van der Waals surface area contributed by atoms with E-state index in [1.165, 1.54) is 18.2 Å². The van der Waals surface area contributed by atoms with Crippen LogP contribution in [0.4, 0.5) is 10.1 Å². The summed E-state index contributed by atoms with van der Waals surface area (Å²) < 4.78 is 23.9. The number of amides is 1. The van der Waals surface area contributed by atoms with Gasteiger partial charge in [-0.3, -0.25) is 9.59 Å². The number of benzene rings is 1. The second-order valence-electron chi connectivity index (χ2n) is 7.31. The summed E-state index contributed by atoms with van der Waals surface area (Å²) in [6.07, 6.45) is 1.57. The lowest BCUT2D eigenvalue weighted by Gasteiger charge is -2.28. The lowest BCUT2D eigenvalue weighted by Crippen LogP contribution is -3.14. The van der Waals surface area contributed by atoms with Crippen molar-refractivity contribution in [2.24, 2.45) is 5.92 Å². The maximum absolute atomic E-state index is 13.8. The SMILES string of the molecule is CCOC(=O)c1[nH]c2ccc(F)cc2c1NC(=O)C[NH+]1CCC[C@@H](C(=O)OCC)C1. The Bertz CT molecular complexity index is 942. The summed E-state index contributed by atoms with van der Waals surface area (Å²) in [5.41, 5.74) is 0.789. The lowest BCUT2D eigenvalue weighted by molar-refractivity contribution is -0.899. The first-order valence-electron chi connectivity index (χ1n) is 10.2. The maximum atomic E-state index is 13.8. The quantitative estimate of drug-likeness (QED) is 0.586. The summed E-state index contributed by atoms with van der Waals surface area (Å²) in [5.74, 6) is -1.89. The van der Waals surface area contributed by atoms with Crippen molar-refractivity contribution >= 4 is 34.4 Å². The van der Waals surface area contributed by atoms with E-state index in [0.29, 0.717) is 24.1 Å². The Morgan fingerprint density at radius 1 is 1.23 bits per heavy atom. The molecule has 8 nitrogen and oxygen atoms in total. The Balaban J connectivity index is 1.75. The smallest absolute Gasteiger partial charge is 0.356 e. The number of aromatic amines is 1. The number of halogens is 1. The number of aromatic nitrogens is 1. The third-order valence-corrected chi connectivity index (χ3v) is 5.15. The molecule has 3 N–H and O–H groups in total. The number of esters is 2. The van der Waals surface area contributed by atoms with E-state index < -0.39 is 11.8 Å². The zero-order valence-corrected chi connectivity index (χ0v) is 17.2. The van der Waals surface area contributed by atoms with Crippen molar-refractivity contribution in [1.29, 1.82) is 0 Å². The number of H-pyrrole nitrogens is 1. The fourth-order valence-corrected chi connectivity index (χ4v) is 3.83. The second-order valence-corrected chi connectivity index (χ2v) is 7.31. The van der Waals surface area contributed by atoms with Crippen LogP contribution in [0.5, 0.6) is 0 Å². The first-order chi connectivity index (χ1) is 14.4. The van der Waals surface area contributed by atoms with Crippen LogP contribution < -0.4 is 10.2 Å². The highest BCUT2D eigenvalue weighted by Gasteiger charge is 2.31. The molecule has 3 rings (SSSR count). The van der Waals surface area contributed by atoms with E-state index >= 15 is 0 Å². The van der Waals surface area contributed by atoms with Gasteiger partial charge in [0.25, 0.3) is 5.91 Å². The maximum Gasteiger partial charge on any atom is 0.356 e. The summed E-state index contributed by atoms with van der Waals surface area (Å²) in [7, 11) is 0. The van der Waals surface area contributed by atoms with Gasteiger partial charge in [0.05, 0.1) is 32.0 Å². The Morgan fingerprint density at radius 2 is 2.00 bits per heavy atom. The number of carbonyl (C=O) groups excluding carboxylic acids is 3. The normalized spacial score (nSPS) is 18.8. The molecule has 0 bridgehead atoms. The van der Waals surface area contributed by atoms with Crippen LogP contribution in [0.15, 0.2) is 18.2 Å². The van der Waals surface area contributed by atoms with Gasteiger partial charge in [-0.15, -0.1) is 0 Å². The number of hydrogen-bond donors (Lipinski definition) is 3. The van der Waals surface area contributed by atoms with E-state index in [4.69, 9.17) is 9.47 Å². The molecule has 9 heteroatoms. The number of carbonyl (C=O) groups is 3. The molecule has 1 aromatic carbocycles. The van der Waals surface area contributed by atoms with E-state index in [0.717, 1.165) is 24.3 Å². The first kappa shape index (κ1) is 21.8. The molecule has 0 aliphatic carbocycles. The minimum Gasteiger partial charge on any atom is -0.466 e. The minimum absolute atomic E-state index is 0.0730. The highest BCUT2D eigenvalue weighted by atomic mass is 19.1. The third-order valence-electron chi connectivity index (χ3n) is 5.15. The van der Waals surface area contributed by atoms with Crippen molar-refractivity contribution in [2.45, 2.75) is 26.7 Å². The van der Waals surface area contributed by atoms with Crippen LogP contribution >= 0.6 is 0 Å². The average Bonchev–Trinajstić information content (AvgIpc) is 3.06. The van der Waals surface area contributed by atoms with Crippen molar-refractivity contribution in [2.75, 3.05) is 38.2 Å². The zero-order chi connectivity index (χ0) is 21.7. The number of fused-ring (bicyclic) bond motifs is 1. The monoisotopic (exact) mass is 420 g/mol. The summed E-state index contributed by atoms with van der Waals surface area (Å²) in [4.78, 5) is 40.9. The van der Waals surface area contributed by atoms with Gasteiger partial charge in [0.15, 0.2) is 6.54 Å². The van der Waals surface area contributed by atoms with Crippen molar-refractivity contribution in [3.8, 4) is 0 Å². The number of anilines is 1. The van der Waals surface area contributed by atoms with Gasteiger partial charge >= 0.3 is 11.9 Å². The fourth-order valence-electron chi connectivity index (χ4n) is 3.83. The summed E-state index contributed by atoms with van der Waals surface area (Å²) in [6, 6.07) is 4.03. The summed E-state index contributed by atoms with van der Waals surface area (Å²) >= 11 is 0. The summed E-state index contributed by atoms with van der Waals surface area (Å²) in [6.45, 7) is 5.35. The Hall–Kier alpha value is -2.94. The van der Waals surface area contributed by atoms with Crippen LogP contribution in [0.25, 0.3) is 10.9 Å². The number of likely N-dealkylation sites (tertiary alicyclic amines) is 1. The molecule has 0 saturated carbocycles. The number of quaternary nitrogens is 1. The molecular formula is C21H27FN3O5+. The Labute approximate surface area is 173 Å². The molecule has 1 amide bonds. The average molecular weight is 420 g/mol. The fraction of sp³-hybridized carbons (Fsp3) is 0.476. The van der Waals surface area contributed by atoms with Crippen molar-refractivity contribution in [1.82, 2.24) is 4.98 Å². The molecule has 30 heavy (non-hydrogen) atoms. The van der Waals surface area contributed by atoms with Crippen LogP contribution in [0, 0.1) is 11.7 Å². The molecule has 1 unspecified atom stereocenters. The van der Waals surface area contributed by atoms with E-state index in [1.807, 2.05) is 0 Å². The van der Waals surface area contributed by atoms with Gasteiger partial charge < -0.3 is 24.7 Å². The second kappa shape index (κ2) is 9.71. The predicted molar refractivity (Wildman–Crippen MR) is 108 cm³/mol. The third kappa shape index (κ3) is 4.96. The van der Waals surface area contributed by atoms with Crippen LogP contribution in [0.2, 0.25) is 0 Å². The van der Waals surface area contributed by atoms with E-state index in [-0.39, 0.29) is 42.3 Å². The number of nitrogens with one attached hydrogen (secondary N) is 3. The van der Waals surface area contributed by atoms with Gasteiger partial charge in [-0.25, -0.2) is 9.18 Å². The van der Waals surface area contributed by atoms with Crippen LogP contribution in [0.1, 0.15) is 37.2 Å². The molecule has 2 heterocycles. The van der Waals surface area contributed by atoms with Gasteiger partial charge in [0.2, 0.25) is 0 Å². The number of hydrogen-bond acceptors (Lipinski definition) is 5. The van der Waals surface area contributed by atoms with Crippen LogP contribution in [-0.4, -0.2) is 55.7 Å². The molecule has 2 aromatic rings. The largest absolute Gasteiger partial charge is 0.466 e. The van der Waals surface area contributed by atoms with E-state index in [9.17, 15) is 18.8 Å². The Morgan fingerprint density at radius 3 is 2.73 bits per heavy atom. The zero-order valence-electron chi connectivity index (χ0n) is 17.2. The molecule has 1 fully saturated rings. The van der Waals surface area contributed by atoms with Gasteiger partial charge in [0, 0.05) is 10.9 Å². The summed E-state index contributed by atoms with van der Waals surface area (Å²) in [5, 5.41) is 3.13. The van der Waals surface area contributed by atoms with Crippen LogP contribution in [0.3, 0.4) is 0 Å². The molecule has 1 aliphatic rings. The molecule has 1 aliphatic heterocycles. The molecule has 0 spiro atoms. The molecule has 2 atom stereocenters. The molecule has 1 aromatic heterocycles. The van der Waals surface area contributed by atoms with Crippen LogP contribution in [-0.2, 0) is 19.1 Å². The number of piperidine rings is 1. The highest BCUT2D eigenvalue weighted by molar-refractivity contribution is 6.11. The standard InChI is InChI=1S/C21H26FN3O5/c1-3-29-20(27)13-6-5-9-25(11-13)12-17(26)24-18-15-10-14(22)7-8-16(15)23-19(18)21(28)30-4-2/h7-8,10,13,23H,3-6,9,11-12H2,1-2H3,(H,24,26)/p+1/t13-/m1/s1. The molecule has 0 radical (unpaired) electrons. The number of rotatable bonds is 7. The van der Waals surface area contributed by atoms with Gasteiger partial charge in [-0.05, 0) is 44.9 Å². The molecule has 1 saturated heterocycles. The van der Waals surface area contributed by atoms with E-state index in [2.05, 4.69) is 10.3 Å². The first-order valence-corrected chi connectivity index (χ1v) is 10.2. The van der Waals surface area contributed by atoms with Gasteiger partial charge in [-0.2, -0.15) is 0 Å². The predicted octanol–water partition coefficient (Wildman–Crippen LogP) is 1.28. The minimum atomic E-state index is -0.628. The van der Waals surface area contributed by atoms with Crippen molar-refractivity contribution in [3.63, 3.8) is 0 Å². The van der Waals surface area contributed by atoms with Crippen molar-refractivity contribution < 1.29 is 33.1 Å². The topological polar surface area (TPSA) is 102 Å². The molecular weight excluding hydrogens is 393 g/mol. The van der Waals surface area contributed by atoms with Crippen molar-refractivity contribution in [3.05, 3.63) is 29.7 Å². The Kier molecular flexibility index (Phi) is 7.04. The molecule has 162 valence electrons. The van der Waals surface area contributed by atoms with E-state index in [1.54, 1.807) is 13.8 Å². The van der Waals surface area contributed by atoms with Gasteiger partial charge in [0.1, 0.15) is 17.4 Å². The lowest BCUT2D eigenvalue weighted by atomic mass is 9.98.